The zero-order valence-corrected chi connectivity index (χ0v) is 10.7. The lowest BCUT2D eigenvalue weighted by molar-refractivity contribution is -0.139. The maximum Gasteiger partial charge on any atom is 0.237 e. The maximum atomic E-state index is 12.2. The molecular formula is C12H23N3O2. The number of hydrogen-bond donors (Lipinski definition) is 2. The van der Waals surface area contributed by atoms with E-state index in [-0.39, 0.29) is 18.4 Å². The molecule has 0 bridgehead atoms. The number of nitrogens with one attached hydrogen (secondary N) is 1. The monoisotopic (exact) mass is 241 g/mol. The largest absolute Gasteiger partial charge is 0.368 e. The summed E-state index contributed by atoms with van der Waals surface area (Å²) in [6.45, 7) is 6.38. The number of hydrogen-bond acceptors (Lipinski definition) is 3. The molecule has 98 valence electrons. The summed E-state index contributed by atoms with van der Waals surface area (Å²) in [5.74, 6) is -0.0378. The van der Waals surface area contributed by atoms with E-state index in [9.17, 15) is 9.59 Å². The van der Waals surface area contributed by atoms with Gasteiger partial charge in [0.25, 0.3) is 0 Å². The predicted molar refractivity (Wildman–Crippen MR) is 66.2 cm³/mol. The summed E-state index contributed by atoms with van der Waals surface area (Å²) >= 11 is 0. The summed E-state index contributed by atoms with van der Waals surface area (Å²) in [5.41, 5.74) is 5.19. The van der Waals surface area contributed by atoms with Crippen molar-refractivity contribution >= 4 is 11.8 Å². The number of nitrogens with zero attached hydrogens (tertiary/aromatic N) is 1. The van der Waals surface area contributed by atoms with Crippen LogP contribution in [0.3, 0.4) is 0 Å². The Morgan fingerprint density at radius 1 is 1.47 bits per heavy atom. The van der Waals surface area contributed by atoms with Gasteiger partial charge in [0.2, 0.25) is 11.8 Å². The summed E-state index contributed by atoms with van der Waals surface area (Å²) in [6, 6.07) is 0. The molecule has 1 aliphatic heterocycles. The first-order valence-corrected chi connectivity index (χ1v) is 6.28. The highest BCUT2D eigenvalue weighted by Crippen LogP contribution is 2.14. The Balaban J connectivity index is 2.60. The van der Waals surface area contributed by atoms with E-state index in [0.717, 1.165) is 19.4 Å². The first-order chi connectivity index (χ1) is 8.00. The van der Waals surface area contributed by atoms with Crippen molar-refractivity contribution in [2.24, 2.45) is 17.6 Å². The zero-order chi connectivity index (χ0) is 12.8. The Kier molecular flexibility index (Phi) is 5.41. The van der Waals surface area contributed by atoms with E-state index in [1.807, 2.05) is 13.8 Å². The first kappa shape index (κ1) is 14.0. The van der Waals surface area contributed by atoms with Crippen LogP contribution in [-0.4, -0.2) is 42.9 Å². The molecule has 5 nitrogen and oxygen atoms in total. The van der Waals surface area contributed by atoms with Crippen LogP contribution in [0.4, 0.5) is 0 Å². The third kappa shape index (κ3) is 4.73. The summed E-state index contributed by atoms with van der Waals surface area (Å²) in [5, 5.41) is 3.21. The third-order valence-electron chi connectivity index (χ3n) is 2.89. The number of piperidine rings is 1. The second-order valence-corrected chi connectivity index (χ2v) is 5.12. The van der Waals surface area contributed by atoms with Crippen LogP contribution in [-0.2, 0) is 9.59 Å². The number of amides is 2. The lowest BCUT2D eigenvalue weighted by Crippen LogP contribution is -2.47. The molecule has 0 spiro atoms. The van der Waals surface area contributed by atoms with E-state index in [1.54, 1.807) is 4.90 Å². The van der Waals surface area contributed by atoms with Crippen LogP contribution >= 0.6 is 0 Å². The molecule has 1 saturated heterocycles. The fourth-order valence-electron chi connectivity index (χ4n) is 2.18. The van der Waals surface area contributed by atoms with Gasteiger partial charge in [0, 0.05) is 13.1 Å². The highest BCUT2D eigenvalue weighted by Gasteiger charge is 2.26. The molecule has 0 aromatic rings. The summed E-state index contributed by atoms with van der Waals surface area (Å²) in [6.07, 6.45) is 1.92. The van der Waals surface area contributed by atoms with Crippen molar-refractivity contribution in [2.75, 3.05) is 26.2 Å². The van der Waals surface area contributed by atoms with Crippen molar-refractivity contribution in [2.45, 2.75) is 26.7 Å². The molecular weight excluding hydrogens is 218 g/mol. The Morgan fingerprint density at radius 2 is 2.18 bits per heavy atom. The fourth-order valence-corrected chi connectivity index (χ4v) is 2.18. The quantitative estimate of drug-likeness (QED) is 0.709. The molecule has 5 heteroatoms. The van der Waals surface area contributed by atoms with Gasteiger partial charge >= 0.3 is 0 Å². The highest BCUT2D eigenvalue weighted by molar-refractivity contribution is 5.85. The molecule has 0 saturated carbocycles. The molecule has 0 aromatic heterocycles. The van der Waals surface area contributed by atoms with Gasteiger partial charge in [0.15, 0.2) is 0 Å². The lowest BCUT2D eigenvalue weighted by Gasteiger charge is -2.30. The smallest absolute Gasteiger partial charge is 0.237 e. The molecule has 2 amide bonds. The highest BCUT2D eigenvalue weighted by atomic mass is 16.2. The first-order valence-electron chi connectivity index (χ1n) is 6.28. The third-order valence-corrected chi connectivity index (χ3v) is 2.89. The number of nitrogens with two attached hydrogens (primary N) is 1. The van der Waals surface area contributed by atoms with Gasteiger partial charge in [-0.25, -0.2) is 0 Å². The minimum Gasteiger partial charge on any atom is -0.368 e. The van der Waals surface area contributed by atoms with Crippen LogP contribution in [0.5, 0.6) is 0 Å². The van der Waals surface area contributed by atoms with Gasteiger partial charge < -0.3 is 16.0 Å². The van der Waals surface area contributed by atoms with Crippen LogP contribution in [0.1, 0.15) is 26.7 Å². The van der Waals surface area contributed by atoms with Crippen molar-refractivity contribution in [1.29, 1.82) is 0 Å². The van der Waals surface area contributed by atoms with Crippen molar-refractivity contribution in [3.05, 3.63) is 0 Å². The van der Waals surface area contributed by atoms with Crippen molar-refractivity contribution in [3.63, 3.8) is 0 Å². The van der Waals surface area contributed by atoms with E-state index in [4.69, 9.17) is 5.73 Å². The molecule has 0 aliphatic carbocycles. The summed E-state index contributed by atoms with van der Waals surface area (Å²) < 4.78 is 0. The fraction of sp³-hybridized carbons (Fsp3) is 0.833. The normalized spacial score (nSPS) is 20.3. The SMILES string of the molecule is CC(C)CN(CC(N)=O)C(=O)C1CCCNC1. The molecule has 1 aliphatic rings. The Hall–Kier alpha value is -1.10. The minimum atomic E-state index is -0.442. The second-order valence-electron chi connectivity index (χ2n) is 5.12. The summed E-state index contributed by atoms with van der Waals surface area (Å²) in [7, 11) is 0. The van der Waals surface area contributed by atoms with E-state index in [2.05, 4.69) is 5.32 Å². The molecule has 1 heterocycles. The Bertz CT molecular complexity index is 273. The van der Waals surface area contributed by atoms with Gasteiger partial charge in [-0.2, -0.15) is 0 Å². The van der Waals surface area contributed by atoms with Crippen molar-refractivity contribution < 1.29 is 9.59 Å². The van der Waals surface area contributed by atoms with Gasteiger partial charge in [-0.3, -0.25) is 9.59 Å². The van der Waals surface area contributed by atoms with Crippen molar-refractivity contribution in [3.8, 4) is 0 Å². The van der Waals surface area contributed by atoms with Gasteiger partial charge in [0.1, 0.15) is 0 Å². The molecule has 0 aromatic carbocycles. The maximum absolute atomic E-state index is 12.2. The molecule has 1 fully saturated rings. The van der Waals surface area contributed by atoms with Crippen LogP contribution < -0.4 is 11.1 Å². The van der Waals surface area contributed by atoms with Crippen molar-refractivity contribution in [1.82, 2.24) is 10.2 Å². The van der Waals surface area contributed by atoms with Crippen LogP contribution in [0.15, 0.2) is 0 Å². The Morgan fingerprint density at radius 3 is 2.65 bits per heavy atom. The predicted octanol–water partition coefficient (Wildman–Crippen LogP) is -0.0441. The van der Waals surface area contributed by atoms with Crippen LogP contribution in [0.25, 0.3) is 0 Å². The number of carbonyl (C=O) groups excluding carboxylic acids is 2. The number of rotatable bonds is 5. The second kappa shape index (κ2) is 6.59. The van der Waals surface area contributed by atoms with E-state index in [1.165, 1.54) is 0 Å². The standard InChI is InChI=1S/C12H23N3O2/c1-9(2)7-15(8-11(13)16)12(17)10-4-3-5-14-6-10/h9-10,14H,3-8H2,1-2H3,(H2,13,16). The average Bonchev–Trinajstić information content (AvgIpc) is 2.27. The molecule has 1 unspecified atom stereocenters. The molecule has 0 radical (unpaired) electrons. The topological polar surface area (TPSA) is 75.4 Å². The van der Waals surface area contributed by atoms with Gasteiger partial charge in [-0.05, 0) is 25.3 Å². The van der Waals surface area contributed by atoms with E-state index in [0.29, 0.717) is 19.0 Å². The van der Waals surface area contributed by atoms with Gasteiger partial charge in [-0.1, -0.05) is 13.8 Å². The number of primary amides is 1. The lowest BCUT2D eigenvalue weighted by atomic mass is 9.97. The average molecular weight is 241 g/mol. The van der Waals surface area contributed by atoms with E-state index < -0.39 is 5.91 Å². The molecule has 17 heavy (non-hydrogen) atoms. The Labute approximate surface area is 103 Å². The molecule has 3 N–H and O–H groups in total. The molecule has 1 rings (SSSR count). The minimum absolute atomic E-state index is 0.00171. The van der Waals surface area contributed by atoms with Crippen LogP contribution in [0.2, 0.25) is 0 Å². The van der Waals surface area contributed by atoms with Gasteiger partial charge in [-0.15, -0.1) is 0 Å². The van der Waals surface area contributed by atoms with E-state index >= 15 is 0 Å². The number of carbonyl (C=O) groups is 2. The van der Waals surface area contributed by atoms with Gasteiger partial charge in [0.05, 0.1) is 12.5 Å². The zero-order valence-electron chi connectivity index (χ0n) is 10.7. The summed E-state index contributed by atoms with van der Waals surface area (Å²) in [4.78, 5) is 24.8. The van der Waals surface area contributed by atoms with Crippen LogP contribution in [0, 0.1) is 11.8 Å². The molecule has 1 atom stereocenters.